The molecule has 5 heteroatoms. The fourth-order valence-electron chi connectivity index (χ4n) is 1.08. The Bertz CT molecular complexity index is 317. The number of Topliss-reactive ketones (excluding diaryl/α,β-unsaturated/α-hetero) is 1. The Morgan fingerprint density at radius 2 is 2.13 bits per heavy atom. The molecule has 0 fully saturated rings. The van der Waals surface area contributed by atoms with E-state index in [2.05, 4.69) is 15.9 Å². The highest BCUT2D eigenvalue weighted by Gasteiger charge is 2.25. The number of nitrogens with zero attached hydrogens (tertiary/aromatic N) is 1. The van der Waals surface area contributed by atoms with Crippen LogP contribution in [0.3, 0.4) is 0 Å². The fraction of sp³-hybridized carbons (Fsp3) is 0.600. The molecule has 0 spiro atoms. The molecule has 1 heterocycles. The van der Waals surface area contributed by atoms with E-state index in [1.165, 1.54) is 11.1 Å². The summed E-state index contributed by atoms with van der Waals surface area (Å²) >= 11 is 3.10. The third-order valence-electron chi connectivity index (χ3n) is 1.74. The van der Waals surface area contributed by atoms with Crippen molar-refractivity contribution in [2.75, 3.05) is 6.54 Å². The highest BCUT2D eigenvalue weighted by molar-refractivity contribution is 9.12. The maximum atomic E-state index is 11.6. The molecule has 0 bridgehead atoms. The summed E-state index contributed by atoms with van der Waals surface area (Å²) in [6, 6.07) is 0. The van der Waals surface area contributed by atoms with Crippen LogP contribution < -0.4 is 0 Å². The number of carbonyl (C=O) groups excluding carboxylic acids is 2. The molecule has 1 rings (SSSR count). The molecule has 0 unspecified atom stereocenters. The standard InChI is InChI=1S/C10H14BrNO3/c1-10(2,3)15-9(14)12-5-4-8(13)7(11)6-12/h6H,4-5H2,1-3H3. The summed E-state index contributed by atoms with van der Waals surface area (Å²) in [5.74, 6) is 0.00908. The maximum absolute atomic E-state index is 11.6. The van der Waals surface area contributed by atoms with Crippen LogP contribution in [-0.2, 0) is 9.53 Å². The van der Waals surface area contributed by atoms with E-state index in [9.17, 15) is 9.59 Å². The average molecular weight is 276 g/mol. The zero-order chi connectivity index (χ0) is 11.6. The van der Waals surface area contributed by atoms with Gasteiger partial charge in [0.25, 0.3) is 0 Å². The highest BCUT2D eigenvalue weighted by Crippen LogP contribution is 2.19. The van der Waals surface area contributed by atoms with Gasteiger partial charge in [-0.15, -0.1) is 0 Å². The lowest BCUT2D eigenvalue weighted by Crippen LogP contribution is -2.36. The first-order valence-electron chi connectivity index (χ1n) is 4.70. The smallest absolute Gasteiger partial charge is 0.414 e. The minimum atomic E-state index is -0.515. The topological polar surface area (TPSA) is 46.6 Å². The number of hydrogen-bond acceptors (Lipinski definition) is 3. The van der Waals surface area contributed by atoms with Gasteiger partial charge in [0, 0.05) is 19.2 Å². The van der Waals surface area contributed by atoms with Gasteiger partial charge in [-0.25, -0.2) is 4.79 Å². The Morgan fingerprint density at radius 1 is 1.53 bits per heavy atom. The number of ketones is 1. The first kappa shape index (κ1) is 12.2. The summed E-state index contributed by atoms with van der Waals surface area (Å²) in [6.07, 6.45) is 1.38. The van der Waals surface area contributed by atoms with Gasteiger partial charge < -0.3 is 4.74 Å². The molecule has 15 heavy (non-hydrogen) atoms. The summed E-state index contributed by atoms with van der Waals surface area (Å²) in [4.78, 5) is 24.1. The Hall–Kier alpha value is -0.840. The molecule has 1 aliphatic heterocycles. The van der Waals surface area contributed by atoms with Gasteiger partial charge in [-0.3, -0.25) is 9.69 Å². The van der Waals surface area contributed by atoms with Crippen LogP contribution in [0.15, 0.2) is 10.7 Å². The van der Waals surface area contributed by atoms with Crippen LogP contribution >= 0.6 is 15.9 Å². The number of rotatable bonds is 0. The van der Waals surface area contributed by atoms with Crippen LogP contribution in [0, 0.1) is 0 Å². The monoisotopic (exact) mass is 275 g/mol. The van der Waals surface area contributed by atoms with Crippen LogP contribution in [0.1, 0.15) is 27.2 Å². The van der Waals surface area contributed by atoms with E-state index >= 15 is 0 Å². The van der Waals surface area contributed by atoms with Crippen molar-refractivity contribution in [1.29, 1.82) is 0 Å². The van der Waals surface area contributed by atoms with Crippen LogP contribution in [-0.4, -0.2) is 28.9 Å². The molecule has 0 saturated carbocycles. The molecule has 0 aromatic rings. The van der Waals surface area contributed by atoms with Gasteiger partial charge in [-0.1, -0.05) is 0 Å². The lowest BCUT2D eigenvalue weighted by molar-refractivity contribution is -0.115. The van der Waals surface area contributed by atoms with Crippen LogP contribution in [0.5, 0.6) is 0 Å². The molecule has 0 aromatic carbocycles. The van der Waals surface area contributed by atoms with E-state index in [1.807, 2.05) is 0 Å². The van der Waals surface area contributed by atoms with Crippen molar-refractivity contribution < 1.29 is 14.3 Å². The van der Waals surface area contributed by atoms with Crippen molar-refractivity contribution in [2.45, 2.75) is 32.8 Å². The third-order valence-corrected chi connectivity index (χ3v) is 2.39. The van der Waals surface area contributed by atoms with E-state index < -0.39 is 11.7 Å². The normalized spacial score (nSPS) is 17.5. The number of ether oxygens (including phenoxy) is 1. The minimum absolute atomic E-state index is 0.00908. The van der Waals surface area contributed by atoms with Crippen LogP contribution in [0.25, 0.3) is 0 Å². The lowest BCUT2D eigenvalue weighted by atomic mass is 10.2. The number of carbonyl (C=O) groups is 2. The quantitative estimate of drug-likeness (QED) is 0.682. The molecule has 0 N–H and O–H groups in total. The predicted octanol–water partition coefficient (Wildman–Crippen LogP) is 2.43. The summed E-state index contributed by atoms with van der Waals surface area (Å²) < 4.78 is 5.59. The molecule has 0 aromatic heterocycles. The summed E-state index contributed by atoms with van der Waals surface area (Å²) in [5.41, 5.74) is -0.515. The molecular formula is C10H14BrNO3. The van der Waals surface area contributed by atoms with E-state index in [1.54, 1.807) is 20.8 Å². The SMILES string of the molecule is CC(C)(C)OC(=O)N1C=C(Br)C(=O)CC1. The molecule has 0 saturated heterocycles. The second-order valence-corrected chi connectivity index (χ2v) is 5.18. The van der Waals surface area contributed by atoms with Crippen LogP contribution in [0.4, 0.5) is 4.79 Å². The van der Waals surface area contributed by atoms with Gasteiger partial charge in [-0.2, -0.15) is 0 Å². The number of amides is 1. The van der Waals surface area contributed by atoms with E-state index in [0.29, 0.717) is 17.4 Å². The largest absolute Gasteiger partial charge is 0.443 e. The molecule has 4 nitrogen and oxygen atoms in total. The molecule has 1 aliphatic rings. The molecule has 1 amide bonds. The minimum Gasteiger partial charge on any atom is -0.443 e. The second kappa shape index (κ2) is 4.35. The van der Waals surface area contributed by atoms with Crippen molar-refractivity contribution in [1.82, 2.24) is 4.90 Å². The second-order valence-electron chi connectivity index (χ2n) is 4.32. The Balaban J connectivity index is 2.67. The molecular weight excluding hydrogens is 262 g/mol. The van der Waals surface area contributed by atoms with Gasteiger partial charge in [0.15, 0.2) is 5.78 Å². The van der Waals surface area contributed by atoms with E-state index in [4.69, 9.17) is 4.74 Å². The molecule has 0 atom stereocenters. The molecule has 84 valence electrons. The number of hydrogen-bond donors (Lipinski definition) is 0. The summed E-state index contributed by atoms with van der Waals surface area (Å²) in [6.45, 7) is 5.79. The van der Waals surface area contributed by atoms with E-state index in [-0.39, 0.29) is 5.78 Å². The number of halogens is 1. The average Bonchev–Trinajstić information content (AvgIpc) is 2.06. The molecule has 0 aliphatic carbocycles. The van der Waals surface area contributed by atoms with Gasteiger partial charge >= 0.3 is 6.09 Å². The number of allylic oxidation sites excluding steroid dienone is 1. The van der Waals surface area contributed by atoms with Gasteiger partial charge in [0.05, 0.1) is 4.48 Å². The zero-order valence-corrected chi connectivity index (χ0v) is 10.6. The van der Waals surface area contributed by atoms with Crippen molar-refractivity contribution in [3.8, 4) is 0 Å². The first-order chi connectivity index (χ1) is 6.79. The third kappa shape index (κ3) is 3.66. The summed E-state index contributed by atoms with van der Waals surface area (Å²) in [7, 11) is 0. The Labute approximate surface area is 97.4 Å². The Morgan fingerprint density at radius 3 is 2.60 bits per heavy atom. The van der Waals surface area contributed by atoms with Gasteiger partial charge in [0.1, 0.15) is 5.60 Å². The van der Waals surface area contributed by atoms with Gasteiger partial charge in [0.2, 0.25) is 0 Å². The fourth-order valence-corrected chi connectivity index (χ4v) is 1.52. The predicted molar refractivity (Wildman–Crippen MR) is 59.6 cm³/mol. The molecule has 0 radical (unpaired) electrons. The first-order valence-corrected chi connectivity index (χ1v) is 5.49. The zero-order valence-electron chi connectivity index (χ0n) is 9.04. The lowest BCUT2D eigenvalue weighted by Gasteiger charge is -2.26. The Kier molecular flexibility index (Phi) is 3.54. The maximum Gasteiger partial charge on any atom is 0.414 e. The summed E-state index contributed by atoms with van der Waals surface area (Å²) in [5, 5.41) is 0. The van der Waals surface area contributed by atoms with Crippen molar-refractivity contribution in [3.63, 3.8) is 0 Å². The van der Waals surface area contributed by atoms with Gasteiger partial charge in [-0.05, 0) is 36.7 Å². The van der Waals surface area contributed by atoms with Crippen LogP contribution in [0.2, 0.25) is 0 Å². The van der Waals surface area contributed by atoms with E-state index in [0.717, 1.165) is 0 Å². The van der Waals surface area contributed by atoms with Crippen molar-refractivity contribution in [3.05, 3.63) is 10.7 Å². The van der Waals surface area contributed by atoms with Crippen molar-refractivity contribution in [2.24, 2.45) is 0 Å². The highest BCUT2D eigenvalue weighted by atomic mass is 79.9. The van der Waals surface area contributed by atoms with Crippen molar-refractivity contribution >= 4 is 27.8 Å².